The van der Waals surface area contributed by atoms with Crippen molar-refractivity contribution in [1.29, 1.82) is 0 Å². The van der Waals surface area contributed by atoms with E-state index < -0.39 is 0 Å². The Kier molecular flexibility index (Phi) is 12.9. The first kappa shape index (κ1) is 26.0. The van der Waals surface area contributed by atoms with Crippen LogP contribution >= 0.6 is 11.3 Å². The first-order valence-electron chi connectivity index (χ1n) is 10.2. The number of hydrogen-bond acceptors (Lipinski definition) is 6. The summed E-state index contributed by atoms with van der Waals surface area (Å²) < 4.78 is 24.3. The van der Waals surface area contributed by atoms with Gasteiger partial charge in [-0.25, -0.2) is 4.79 Å². The van der Waals surface area contributed by atoms with Gasteiger partial charge in [-0.15, -0.1) is 0 Å². The van der Waals surface area contributed by atoms with Gasteiger partial charge in [0.05, 0.1) is 38.4 Å². The molecular formula is C22H32ClNO5S. The zero-order chi connectivity index (χ0) is 20.9. The maximum absolute atomic E-state index is 12.4. The van der Waals surface area contributed by atoms with Crippen molar-refractivity contribution < 1.29 is 40.7 Å². The van der Waals surface area contributed by atoms with E-state index in [0.717, 1.165) is 32.2 Å². The number of ether oxygens (including phenoxy) is 4. The van der Waals surface area contributed by atoms with Gasteiger partial charge in [-0.1, -0.05) is 37.5 Å². The normalized spacial score (nSPS) is 10.2. The number of rotatable bonds is 14. The fourth-order valence-electron chi connectivity index (χ4n) is 2.88. The van der Waals surface area contributed by atoms with E-state index in [0.29, 0.717) is 36.0 Å². The second-order valence-corrected chi connectivity index (χ2v) is 7.48. The maximum Gasteiger partial charge on any atom is 0.338 e. The molecule has 0 atom stereocenters. The van der Waals surface area contributed by atoms with Gasteiger partial charge in [0.1, 0.15) is 6.54 Å². The second-order valence-electron chi connectivity index (χ2n) is 6.73. The molecule has 1 heterocycles. The summed E-state index contributed by atoms with van der Waals surface area (Å²) in [6, 6.07) is 3.29. The van der Waals surface area contributed by atoms with Crippen LogP contribution in [0.3, 0.4) is 0 Å². The first-order valence-corrected chi connectivity index (χ1v) is 11.1. The molecule has 8 heteroatoms. The molecule has 0 amide bonds. The molecule has 2 rings (SSSR count). The fourth-order valence-corrected chi connectivity index (χ4v) is 3.51. The highest BCUT2D eigenvalue weighted by atomic mass is 35.5. The lowest BCUT2D eigenvalue weighted by molar-refractivity contribution is -0.692. The molecule has 0 aliphatic rings. The number of methoxy groups -OCH3 is 2. The second kappa shape index (κ2) is 14.9. The molecule has 168 valence electrons. The van der Waals surface area contributed by atoms with Crippen molar-refractivity contribution >= 4 is 17.3 Å². The average Bonchev–Trinajstić information content (AvgIpc) is 3.26. The van der Waals surface area contributed by atoms with Crippen LogP contribution < -0.4 is 31.2 Å². The molecule has 0 saturated heterocycles. The van der Waals surface area contributed by atoms with Crippen LogP contribution in [0.5, 0.6) is 17.2 Å². The number of carbonyl (C=O) groups is 1. The molecule has 0 spiro atoms. The highest BCUT2D eigenvalue weighted by Crippen LogP contribution is 2.39. The monoisotopic (exact) mass is 457 g/mol. The third-order valence-electron chi connectivity index (χ3n) is 4.51. The van der Waals surface area contributed by atoms with Crippen LogP contribution in [0.2, 0.25) is 0 Å². The van der Waals surface area contributed by atoms with E-state index in [1.165, 1.54) is 12.8 Å². The van der Waals surface area contributed by atoms with Crippen molar-refractivity contribution in [2.24, 2.45) is 0 Å². The standard InChI is InChI=1S/C22H32NO5S.ClH/c1-4-5-6-8-12-27-21-19(25-2)15-18(16-20(21)26-3)22(24)28-13-9-7-10-23-11-14-29-17-23;/h11,14-17H,4-10,12-13H2,1-3H3;1H/q+1;/p-1. The highest BCUT2D eigenvalue weighted by molar-refractivity contribution is 7.07. The molecule has 0 N–H and O–H groups in total. The number of nitrogens with zero attached hydrogens (tertiary/aromatic N) is 1. The summed E-state index contributed by atoms with van der Waals surface area (Å²) in [6.45, 7) is 4.06. The van der Waals surface area contributed by atoms with Gasteiger partial charge in [-0.3, -0.25) is 0 Å². The smallest absolute Gasteiger partial charge is 0.338 e. The molecule has 0 aliphatic carbocycles. The third-order valence-corrected chi connectivity index (χ3v) is 5.18. The third kappa shape index (κ3) is 8.40. The molecule has 2 aromatic rings. The van der Waals surface area contributed by atoms with Gasteiger partial charge in [-0.05, 0) is 25.0 Å². The average molecular weight is 458 g/mol. The predicted octanol–water partition coefficient (Wildman–Crippen LogP) is 1.65. The number of aromatic nitrogens is 1. The molecule has 1 aromatic heterocycles. The van der Waals surface area contributed by atoms with E-state index in [-0.39, 0.29) is 18.4 Å². The zero-order valence-electron chi connectivity index (χ0n) is 18.0. The number of hydrogen-bond donors (Lipinski definition) is 0. The Morgan fingerprint density at radius 3 is 2.30 bits per heavy atom. The molecule has 0 unspecified atom stereocenters. The molecule has 6 nitrogen and oxygen atoms in total. The van der Waals surface area contributed by atoms with E-state index in [2.05, 4.69) is 17.0 Å². The summed E-state index contributed by atoms with van der Waals surface area (Å²) in [6.07, 6.45) is 8.26. The Morgan fingerprint density at radius 2 is 1.70 bits per heavy atom. The number of benzene rings is 1. The predicted molar refractivity (Wildman–Crippen MR) is 113 cm³/mol. The minimum atomic E-state index is -0.390. The van der Waals surface area contributed by atoms with Gasteiger partial charge in [0.25, 0.3) is 0 Å². The van der Waals surface area contributed by atoms with Crippen molar-refractivity contribution in [3.63, 3.8) is 0 Å². The Labute approximate surface area is 189 Å². The lowest BCUT2D eigenvalue weighted by atomic mass is 10.1. The summed E-state index contributed by atoms with van der Waals surface area (Å²) >= 11 is 1.67. The Morgan fingerprint density at radius 1 is 1.00 bits per heavy atom. The van der Waals surface area contributed by atoms with Crippen LogP contribution in [0, 0.1) is 0 Å². The molecule has 0 bridgehead atoms. The number of thiazole rings is 1. The number of esters is 1. The molecule has 0 fully saturated rings. The van der Waals surface area contributed by atoms with Crippen LogP contribution in [0.1, 0.15) is 55.8 Å². The summed E-state index contributed by atoms with van der Waals surface area (Å²) in [7, 11) is 3.10. The number of aryl methyl sites for hydroxylation is 1. The SMILES string of the molecule is CCCCCCOc1c(OC)cc(C(=O)OCCCC[n+]2ccsc2)cc1OC.[Cl-]. The van der Waals surface area contributed by atoms with Gasteiger partial charge in [-0.2, -0.15) is 4.57 Å². The maximum atomic E-state index is 12.4. The molecular weight excluding hydrogens is 426 g/mol. The highest BCUT2D eigenvalue weighted by Gasteiger charge is 2.18. The molecule has 0 aliphatic heterocycles. The van der Waals surface area contributed by atoms with E-state index in [1.54, 1.807) is 37.7 Å². The minimum Gasteiger partial charge on any atom is -1.00 e. The largest absolute Gasteiger partial charge is 1.00 e. The molecule has 0 saturated carbocycles. The van der Waals surface area contributed by atoms with Crippen molar-refractivity contribution in [2.75, 3.05) is 27.4 Å². The Balaban J connectivity index is 0.00000450. The molecule has 30 heavy (non-hydrogen) atoms. The van der Waals surface area contributed by atoms with Crippen molar-refractivity contribution in [3.8, 4) is 17.2 Å². The van der Waals surface area contributed by atoms with Crippen LogP contribution in [0.15, 0.2) is 29.2 Å². The van der Waals surface area contributed by atoms with E-state index in [1.807, 2.05) is 11.6 Å². The Hall–Kier alpha value is -1.99. The van der Waals surface area contributed by atoms with Gasteiger partial charge >= 0.3 is 5.97 Å². The van der Waals surface area contributed by atoms with Crippen LogP contribution in [-0.2, 0) is 11.3 Å². The van der Waals surface area contributed by atoms with Gasteiger partial charge in [0, 0.05) is 6.42 Å². The van der Waals surface area contributed by atoms with E-state index in [9.17, 15) is 4.79 Å². The minimum absolute atomic E-state index is 0. The van der Waals surface area contributed by atoms with Gasteiger partial charge < -0.3 is 31.4 Å². The molecule has 1 aromatic carbocycles. The van der Waals surface area contributed by atoms with Crippen LogP contribution in [0.4, 0.5) is 0 Å². The number of halogens is 1. The summed E-state index contributed by atoms with van der Waals surface area (Å²) in [5, 5.41) is 2.04. The number of unbranched alkanes of at least 4 members (excludes halogenated alkanes) is 4. The summed E-state index contributed by atoms with van der Waals surface area (Å²) in [5.74, 6) is 1.08. The summed E-state index contributed by atoms with van der Waals surface area (Å²) in [4.78, 5) is 12.4. The lowest BCUT2D eigenvalue weighted by Gasteiger charge is -2.16. The lowest BCUT2D eigenvalue weighted by Crippen LogP contribution is -3.00. The first-order chi connectivity index (χ1) is 14.2. The van der Waals surface area contributed by atoms with Crippen LogP contribution in [-0.4, -0.2) is 33.4 Å². The van der Waals surface area contributed by atoms with Gasteiger partial charge in [0.15, 0.2) is 17.7 Å². The zero-order valence-corrected chi connectivity index (χ0v) is 19.6. The van der Waals surface area contributed by atoms with Crippen LogP contribution in [0.25, 0.3) is 0 Å². The van der Waals surface area contributed by atoms with Gasteiger partial charge in [0.2, 0.25) is 11.3 Å². The van der Waals surface area contributed by atoms with E-state index >= 15 is 0 Å². The quantitative estimate of drug-likeness (QED) is 0.245. The Bertz CT molecular complexity index is 714. The topological polar surface area (TPSA) is 57.9 Å². The number of carbonyl (C=O) groups excluding carboxylic acids is 1. The van der Waals surface area contributed by atoms with E-state index in [4.69, 9.17) is 18.9 Å². The summed E-state index contributed by atoms with van der Waals surface area (Å²) in [5.41, 5.74) is 2.46. The van der Waals surface area contributed by atoms with Crippen molar-refractivity contribution in [2.45, 2.75) is 52.0 Å². The fraction of sp³-hybridized carbons (Fsp3) is 0.545. The van der Waals surface area contributed by atoms with Crippen molar-refractivity contribution in [3.05, 3.63) is 34.8 Å². The van der Waals surface area contributed by atoms with Crippen molar-refractivity contribution in [1.82, 2.24) is 0 Å². The molecule has 0 radical (unpaired) electrons.